The van der Waals surface area contributed by atoms with Gasteiger partial charge >= 0.3 is 0 Å². The van der Waals surface area contributed by atoms with Gasteiger partial charge in [-0.15, -0.1) is 0 Å². The third kappa shape index (κ3) is 3.92. The highest BCUT2D eigenvalue weighted by Crippen LogP contribution is 2.30. The first-order valence-corrected chi connectivity index (χ1v) is 8.44. The Labute approximate surface area is 167 Å². The highest BCUT2D eigenvalue weighted by atomic mass is 35.5. The van der Waals surface area contributed by atoms with E-state index in [1.165, 1.54) is 12.1 Å². The van der Waals surface area contributed by atoms with Crippen LogP contribution in [-0.2, 0) is 0 Å². The Morgan fingerprint density at radius 3 is 2.52 bits per heavy atom. The molecule has 4 heteroatoms. The molecule has 0 amide bonds. The summed E-state index contributed by atoms with van der Waals surface area (Å²) in [6.45, 7) is 0. The van der Waals surface area contributed by atoms with Gasteiger partial charge in [0.05, 0.1) is 21.7 Å². The van der Waals surface area contributed by atoms with Crippen molar-refractivity contribution < 1.29 is 13.6 Å². The summed E-state index contributed by atoms with van der Waals surface area (Å²) in [6, 6.07) is 20.0. The number of hydrogen-bond donors (Lipinski definition) is 0. The second kappa shape index (κ2) is 8.35. The molecular formula is C23H16ClNO2. The van der Waals surface area contributed by atoms with Crippen LogP contribution < -0.4 is 4.74 Å². The lowest BCUT2D eigenvalue weighted by Gasteiger charge is -2.08. The Morgan fingerprint density at radius 1 is 1.04 bits per heavy atom. The van der Waals surface area contributed by atoms with Crippen LogP contribution in [0.3, 0.4) is 0 Å². The number of hydrogen-bond acceptors (Lipinski definition) is 3. The van der Waals surface area contributed by atoms with Crippen LogP contribution in [0.4, 0.5) is 0 Å². The summed E-state index contributed by atoms with van der Waals surface area (Å²) < 4.78 is 26.7. The molecule has 3 aromatic rings. The molecule has 0 saturated heterocycles. The van der Waals surface area contributed by atoms with E-state index in [-0.39, 0.29) is 16.3 Å². The molecule has 3 rings (SSSR count). The second-order valence-electron chi connectivity index (χ2n) is 5.71. The van der Waals surface area contributed by atoms with Crippen LogP contribution in [0.1, 0.15) is 31.2 Å². The topological polar surface area (TPSA) is 50.1 Å². The van der Waals surface area contributed by atoms with E-state index in [2.05, 4.69) is 6.07 Å². The number of ether oxygens (including phenoxy) is 1. The summed E-state index contributed by atoms with van der Waals surface area (Å²) in [4.78, 5) is 11.5. The second-order valence-corrected chi connectivity index (χ2v) is 6.12. The highest BCUT2D eigenvalue weighted by Gasteiger charge is 2.10. The normalized spacial score (nSPS) is 12.7. The van der Waals surface area contributed by atoms with Gasteiger partial charge in [-0.2, -0.15) is 5.26 Å². The van der Waals surface area contributed by atoms with E-state index in [0.717, 1.165) is 11.1 Å². The lowest BCUT2D eigenvalue weighted by molar-refractivity contribution is 0.112. The Balaban J connectivity index is 2.05. The van der Waals surface area contributed by atoms with Crippen molar-refractivity contribution in [3.8, 4) is 22.9 Å². The third-order valence-electron chi connectivity index (χ3n) is 4.11. The van der Waals surface area contributed by atoms with E-state index in [0.29, 0.717) is 23.0 Å². The van der Waals surface area contributed by atoms with Crippen molar-refractivity contribution in [2.45, 2.75) is 0 Å². The highest BCUT2D eigenvalue weighted by molar-refractivity contribution is 6.32. The van der Waals surface area contributed by atoms with E-state index < -0.39 is 7.04 Å². The summed E-state index contributed by atoms with van der Waals surface area (Å²) in [5.41, 5.74) is 3.54. The van der Waals surface area contributed by atoms with Crippen LogP contribution in [0.15, 0.2) is 60.7 Å². The maximum Gasteiger partial charge on any atom is 0.150 e. The maximum absolute atomic E-state index is 11.5. The Hall–Kier alpha value is -3.35. The van der Waals surface area contributed by atoms with E-state index in [4.69, 9.17) is 20.5 Å². The van der Waals surface area contributed by atoms with Gasteiger partial charge in [0, 0.05) is 11.1 Å². The van der Waals surface area contributed by atoms with Crippen LogP contribution in [-0.4, -0.2) is 13.3 Å². The molecule has 3 aromatic carbocycles. The summed E-state index contributed by atoms with van der Waals surface area (Å²) in [5.74, 6) is -0.0551. The van der Waals surface area contributed by atoms with Crippen molar-refractivity contribution >= 4 is 30.0 Å². The average Bonchev–Trinajstić information content (AvgIpc) is 2.73. The first kappa shape index (κ1) is 14.8. The van der Waals surface area contributed by atoms with Gasteiger partial charge in [-0.25, -0.2) is 0 Å². The zero-order valence-electron chi connectivity index (χ0n) is 17.1. The van der Waals surface area contributed by atoms with Crippen molar-refractivity contribution in [3.05, 3.63) is 87.9 Å². The quantitative estimate of drug-likeness (QED) is 0.413. The number of methoxy groups -OCH3 is 1. The monoisotopic (exact) mass is 376 g/mol. The summed E-state index contributed by atoms with van der Waals surface area (Å²) in [7, 11) is -2.68. The molecule has 27 heavy (non-hydrogen) atoms. The molecule has 132 valence electrons. The van der Waals surface area contributed by atoms with E-state index in [9.17, 15) is 10.1 Å². The molecule has 0 aliphatic carbocycles. The minimum atomic E-state index is -2.68. The van der Waals surface area contributed by atoms with E-state index in [1.54, 1.807) is 18.2 Å². The fraction of sp³-hybridized carbons (Fsp3) is 0.0435. The largest absolute Gasteiger partial charge is 0.495 e. The number of aldehydes is 1. The maximum atomic E-state index is 11.5. The number of halogens is 1. The molecular weight excluding hydrogens is 358 g/mol. The predicted octanol–water partition coefficient (Wildman–Crippen LogP) is 5.87. The SMILES string of the molecule is [2H]C([2H])([2H])Oc1cc(/C=C/c2cccc(-c3ccccc3)c2C#N)c(C=O)cc1Cl. The first-order chi connectivity index (χ1) is 14.3. The number of carbonyl (C=O) groups excluding carboxylic acids is 1. The Bertz CT molecular complexity index is 1150. The molecule has 0 fully saturated rings. The van der Waals surface area contributed by atoms with E-state index in [1.807, 2.05) is 42.5 Å². The van der Waals surface area contributed by atoms with Gasteiger partial charge in [0.1, 0.15) is 11.8 Å². The molecule has 0 aromatic heterocycles. The average molecular weight is 377 g/mol. The third-order valence-corrected chi connectivity index (χ3v) is 4.41. The number of benzene rings is 3. The van der Waals surface area contributed by atoms with Crippen LogP contribution in [0, 0.1) is 11.3 Å². The molecule has 0 N–H and O–H groups in total. The Morgan fingerprint density at radius 2 is 1.81 bits per heavy atom. The van der Waals surface area contributed by atoms with Crippen molar-refractivity contribution in [3.63, 3.8) is 0 Å². The zero-order valence-corrected chi connectivity index (χ0v) is 14.9. The zero-order chi connectivity index (χ0) is 21.7. The van der Waals surface area contributed by atoms with Crippen LogP contribution in [0.5, 0.6) is 5.75 Å². The number of rotatable bonds is 5. The minimum absolute atomic E-state index is 0.0224. The number of nitriles is 1. The van der Waals surface area contributed by atoms with Gasteiger partial charge in [-0.1, -0.05) is 72.3 Å². The number of carbonyl (C=O) groups is 1. The molecule has 0 aliphatic rings. The van der Waals surface area contributed by atoms with Crippen molar-refractivity contribution in [1.29, 1.82) is 5.26 Å². The van der Waals surface area contributed by atoms with Crippen LogP contribution in [0.2, 0.25) is 5.02 Å². The van der Waals surface area contributed by atoms with E-state index >= 15 is 0 Å². The summed E-state index contributed by atoms with van der Waals surface area (Å²) in [5, 5.41) is 9.75. The molecule has 0 aliphatic heterocycles. The molecule has 0 heterocycles. The number of nitrogens with zero attached hydrogens (tertiary/aromatic N) is 1. The lowest BCUT2D eigenvalue weighted by Crippen LogP contribution is -1.92. The summed E-state index contributed by atoms with van der Waals surface area (Å²) >= 11 is 6.04. The molecule has 0 unspecified atom stereocenters. The van der Waals surface area contributed by atoms with Gasteiger partial charge < -0.3 is 4.74 Å². The van der Waals surface area contributed by atoms with Gasteiger partial charge in [-0.05, 0) is 28.8 Å². The van der Waals surface area contributed by atoms with Crippen LogP contribution >= 0.6 is 11.6 Å². The standard InChI is InChI=1S/C23H16ClNO2/c1-27-23-13-18(19(15-26)12-22(23)24)11-10-17-8-5-9-20(21(17)14-25)16-6-3-2-4-7-16/h2-13,15H,1H3/b11-10+/i1D3. The lowest BCUT2D eigenvalue weighted by atomic mass is 9.95. The Kier molecular flexibility index (Phi) is 4.57. The van der Waals surface area contributed by atoms with Crippen molar-refractivity contribution in [2.24, 2.45) is 0 Å². The van der Waals surface area contributed by atoms with Gasteiger partial charge in [0.2, 0.25) is 0 Å². The van der Waals surface area contributed by atoms with Gasteiger partial charge in [-0.3, -0.25) is 4.79 Å². The fourth-order valence-electron chi connectivity index (χ4n) is 2.78. The minimum Gasteiger partial charge on any atom is -0.495 e. The first-order valence-electron chi connectivity index (χ1n) is 9.57. The molecule has 0 atom stereocenters. The predicted molar refractivity (Wildman–Crippen MR) is 109 cm³/mol. The molecule has 0 saturated carbocycles. The molecule has 0 bridgehead atoms. The molecule has 0 spiro atoms. The van der Waals surface area contributed by atoms with Crippen molar-refractivity contribution in [2.75, 3.05) is 7.04 Å². The smallest absolute Gasteiger partial charge is 0.150 e. The van der Waals surface area contributed by atoms with Gasteiger partial charge in [0.25, 0.3) is 0 Å². The fourth-order valence-corrected chi connectivity index (χ4v) is 2.99. The molecule has 0 radical (unpaired) electrons. The van der Waals surface area contributed by atoms with Crippen molar-refractivity contribution in [1.82, 2.24) is 0 Å². The summed E-state index contributed by atoms with van der Waals surface area (Å²) in [6.07, 6.45) is 3.94. The van der Waals surface area contributed by atoms with Gasteiger partial charge in [0.15, 0.2) is 6.29 Å². The van der Waals surface area contributed by atoms with Crippen LogP contribution in [0.25, 0.3) is 23.3 Å². The molecule has 3 nitrogen and oxygen atoms in total.